The molecule has 1 N–H and O–H groups in total. The third kappa shape index (κ3) is 3.44. The van der Waals surface area contributed by atoms with Crippen molar-refractivity contribution in [3.05, 3.63) is 35.4 Å². The van der Waals surface area contributed by atoms with Gasteiger partial charge in [0, 0.05) is 40.3 Å². The lowest BCUT2D eigenvalue weighted by atomic mass is 10.1. The first-order chi connectivity index (χ1) is 10.1. The third-order valence-electron chi connectivity index (χ3n) is 4.49. The Morgan fingerprint density at radius 3 is 2.62 bits per heavy atom. The van der Waals surface area contributed by atoms with Crippen molar-refractivity contribution < 1.29 is 4.79 Å². The van der Waals surface area contributed by atoms with E-state index in [2.05, 4.69) is 34.5 Å². The molecule has 1 saturated carbocycles. The second kappa shape index (κ2) is 6.16. The van der Waals surface area contributed by atoms with Crippen LogP contribution >= 0.6 is 0 Å². The molecule has 21 heavy (non-hydrogen) atoms. The second-order valence-electron chi connectivity index (χ2n) is 6.44. The topological polar surface area (TPSA) is 35.6 Å². The van der Waals surface area contributed by atoms with Gasteiger partial charge in [-0.1, -0.05) is 24.3 Å². The molecule has 1 aromatic carbocycles. The average Bonchev–Trinajstić information content (AvgIpc) is 3.32. The number of piperazine rings is 1. The van der Waals surface area contributed by atoms with Gasteiger partial charge in [-0.2, -0.15) is 0 Å². The Morgan fingerprint density at radius 1 is 1.29 bits per heavy atom. The van der Waals surface area contributed by atoms with Crippen LogP contribution in [0.5, 0.6) is 0 Å². The molecular weight excluding hydrogens is 262 g/mol. The van der Waals surface area contributed by atoms with Crippen molar-refractivity contribution >= 4 is 5.91 Å². The lowest BCUT2D eigenvalue weighted by Crippen LogP contribution is -2.57. The maximum atomic E-state index is 12.3. The van der Waals surface area contributed by atoms with E-state index in [4.69, 9.17) is 0 Å². The fraction of sp³-hybridized carbons (Fsp3) is 0.588. The molecule has 0 bridgehead atoms. The average molecular weight is 287 g/mol. The van der Waals surface area contributed by atoms with E-state index in [1.807, 2.05) is 14.1 Å². The van der Waals surface area contributed by atoms with Crippen molar-refractivity contribution in [3.63, 3.8) is 0 Å². The van der Waals surface area contributed by atoms with Gasteiger partial charge in [0.25, 0.3) is 0 Å². The number of hydrogen-bond donors (Lipinski definition) is 1. The summed E-state index contributed by atoms with van der Waals surface area (Å²) in [7, 11) is 3.67. The van der Waals surface area contributed by atoms with Crippen LogP contribution in [0.25, 0.3) is 0 Å². The summed E-state index contributed by atoms with van der Waals surface area (Å²) in [6.45, 7) is 3.49. The molecule has 1 aromatic rings. The summed E-state index contributed by atoms with van der Waals surface area (Å²) < 4.78 is 0. The Kier molecular flexibility index (Phi) is 4.27. The number of rotatable bonds is 4. The van der Waals surface area contributed by atoms with Gasteiger partial charge in [0.1, 0.15) is 6.04 Å². The molecule has 114 valence electrons. The molecule has 4 heteroatoms. The van der Waals surface area contributed by atoms with Gasteiger partial charge in [0.05, 0.1) is 0 Å². The largest absolute Gasteiger partial charge is 0.347 e. The predicted octanol–water partition coefficient (Wildman–Crippen LogP) is 1.43. The van der Waals surface area contributed by atoms with E-state index in [9.17, 15) is 4.79 Å². The number of likely N-dealkylation sites (N-methyl/N-ethyl adjacent to an activating group) is 1. The van der Waals surface area contributed by atoms with Crippen LogP contribution in [-0.2, 0) is 11.3 Å². The monoisotopic (exact) mass is 287 g/mol. The molecular formula is C17H25N3O. The fourth-order valence-corrected chi connectivity index (χ4v) is 3.02. The molecule has 0 aromatic heterocycles. The molecule has 2 aliphatic rings. The Hall–Kier alpha value is -1.39. The van der Waals surface area contributed by atoms with Crippen LogP contribution < -0.4 is 5.32 Å². The van der Waals surface area contributed by atoms with E-state index in [1.165, 1.54) is 24.0 Å². The Labute approximate surface area is 127 Å². The Bertz CT molecular complexity index is 493. The van der Waals surface area contributed by atoms with Crippen molar-refractivity contribution in [3.8, 4) is 0 Å². The molecule has 1 amide bonds. The van der Waals surface area contributed by atoms with E-state index in [0.29, 0.717) is 0 Å². The third-order valence-corrected chi connectivity index (χ3v) is 4.49. The summed E-state index contributed by atoms with van der Waals surface area (Å²) in [5.74, 6) is 0.998. The van der Waals surface area contributed by atoms with E-state index in [-0.39, 0.29) is 11.9 Å². The SMILES string of the molecule is CN(C)C(=O)C1CNCCN1Cc1ccc(C2CC2)cc1. The molecule has 1 saturated heterocycles. The highest BCUT2D eigenvalue weighted by molar-refractivity contribution is 5.81. The maximum absolute atomic E-state index is 12.3. The van der Waals surface area contributed by atoms with E-state index in [0.717, 1.165) is 32.1 Å². The minimum atomic E-state index is -0.0446. The van der Waals surface area contributed by atoms with E-state index >= 15 is 0 Å². The first-order valence-corrected chi connectivity index (χ1v) is 7.90. The number of nitrogens with one attached hydrogen (secondary N) is 1. The standard InChI is InChI=1S/C17H25N3O/c1-19(2)17(21)16-11-18-9-10-20(16)12-13-3-5-14(6-4-13)15-7-8-15/h3-6,15-16,18H,7-12H2,1-2H3. The van der Waals surface area contributed by atoms with Gasteiger partial charge in [0.15, 0.2) is 0 Å². The highest BCUT2D eigenvalue weighted by atomic mass is 16.2. The van der Waals surface area contributed by atoms with Gasteiger partial charge in [-0.15, -0.1) is 0 Å². The van der Waals surface area contributed by atoms with Crippen molar-refractivity contribution in [2.45, 2.75) is 31.3 Å². The molecule has 3 rings (SSSR count). The van der Waals surface area contributed by atoms with Crippen molar-refractivity contribution in [2.75, 3.05) is 33.7 Å². The summed E-state index contributed by atoms with van der Waals surface area (Å²) in [4.78, 5) is 16.3. The smallest absolute Gasteiger partial charge is 0.240 e. The van der Waals surface area contributed by atoms with Crippen molar-refractivity contribution in [2.24, 2.45) is 0 Å². The number of hydrogen-bond acceptors (Lipinski definition) is 3. The molecule has 4 nitrogen and oxygen atoms in total. The highest BCUT2D eigenvalue weighted by Gasteiger charge is 2.29. The quantitative estimate of drug-likeness (QED) is 0.910. The normalized spacial score (nSPS) is 23.0. The second-order valence-corrected chi connectivity index (χ2v) is 6.44. The molecule has 1 aliphatic carbocycles. The molecule has 0 spiro atoms. The number of carbonyl (C=O) groups excluding carboxylic acids is 1. The van der Waals surface area contributed by atoms with Crippen LogP contribution in [0.3, 0.4) is 0 Å². The maximum Gasteiger partial charge on any atom is 0.240 e. The van der Waals surface area contributed by atoms with Gasteiger partial charge in [-0.25, -0.2) is 0 Å². The summed E-state index contributed by atoms with van der Waals surface area (Å²) >= 11 is 0. The van der Waals surface area contributed by atoms with Crippen LogP contribution in [0.4, 0.5) is 0 Å². The zero-order valence-corrected chi connectivity index (χ0v) is 13.0. The number of amides is 1. The molecule has 2 fully saturated rings. The number of nitrogens with zero attached hydrogens (tertiary/aromatic N) is 2. The minimum absolute atomic E-state index is 0.0446. The van der Waals surface area contributed by atoms with Crippen LogP contribution in [0.1, 0.15) is 29.9 Å². The van der Waals surface area contributed by atoms with E-state index < -0.39 is 0 Å². The van der Waals surface area contributed by atoms with Gasteiger partial charge in [0.2, 0.25) is 5.91 Å². The number of carbonyl (C=O) groups is 1. The van der Waals surface area contributed by atoms with Gasteiger partial charge in [-0.3, -0.25) is 9.69 Å². The predicted molar refractivity (Wildman–Crippen MR) is 84.2 cm³/mol. The fourth-order valence-electron chi connectivity index (χ4n) is 3.02. The summed E-state index contributed by atoms with van der Waals surface area (Å²) in [5.41, 5.74) is 2.78. The lowest BCUT2D eigenvalue weighted by molar-refractivity contribution is -0.135. The first-order valence-electron chi connectivity index (χ1n) is 7.90. The van der Waals surface area contributed by atoms with Gasteiger partial charge in [-0.05, 0) is 29.9 Å². The van der Waals surface area contributed by atoms with Crippen LogP contribution in [0.15, 0.2) is 24.3 Å². The summed E-state index contributed by atoms with van der Waals surface area (Å²) in [5, 5.41) is 3.33. The van der Waals surface area contributed by atoms with Gasteiger partial charge >= 0.3 is 0 Å². The molecule has 1 unspecified atom stereocenters. The lowest BCUT2D eigenvalue weighted by Gasteiger charge is -2.36. The van der Waals surface area contributed by atoms with Crippen LogP contribution in [0.2, 0.25) is 0 Å². The first kappa shape index (κ1) is 14.5. The molecule has 1 atom stereocenters. The summed E-state index contributed by atoms with van der Waals surface area (Å²) in [6, 6.07) is 8.94. The Balaban J connectivity index is 1.67. The summed E-state index contributed by atoms with van der Waals surface area (Å²) in [6.07, 6.45) is 2.69. The zero-order valence-electron chi connectivity index (χ0n) is 13.0. The minimum Gasteiger partial charge on any atom is -0.347 e. The molecule has 1 aliphatic heterocycles. The molecule has 0 radical (unpaired) electrons. The van der Waals surface area contributed by atoms with E-state index in [1.54, 1.807) is 4.90 Å². The zero-order chi connectivity index (χ0) is 14.8. The van der Waals surface area contributed by atoms with Crippen LogP contribution in [0, 0.1) is 0 Å². The van der Waals surface area contributed by atoms with Gasteiger partial charge < -0.3 is 10.2 Å². The highest BCUT2D eigenvalue weighted by Crippen LogP contribution is 2.39. The van der Waals surface area contributed by atoms with Crippen molar-refractivity contribution in [1.29, 1.82) is 0 Å². The Morgan fingerprint density at radius 2 is 2.00 bits per heavy atom. The van der Waals surface area contributed by atoms with Crippen molar-refractivity contribution in [1.82, 2.24) is 15.1 Å². The number of benzene rings is 1. The van der Waals surface area contributed by atoms with Crippen LogP contribution in [-0.4, -0.2) is 55.5 Å². The molecule has 1 heterocycles.